The highest BCUT2D eigenvalue weighted by molar-refractivity contribution is 6.02. The van der Waals surface area contributed by atoms with Crippen LogP contribution in [0.1, 0.15) is 32.1 Å². The molecule has 1 aliphatic heterocycles. The number of rotatable bonds is 6. The van der Waals surface area contributed by atoms with Crippen LogP contribution in [0.5, 0.6) is 23.0 Å². The molecule has 1 amide bonds. The Morgan fingerprint density at radius 2 is 1.39 bits per heavy atom. The van der Waals surface area contributed by atoms with Gasteiger partial charge < -0.3 is 40.0 Å². The van der Waals surface area contributed by atoms with Gasteiger partial charge in [0, 0.05) is 32.3 Å². The molecule has 4 N–H and O–H groups in total. The van der Waals surface area contributed by atoms with Gasteiger partial charge in [0.1, 0.15) is 11.3 Å². The number of carbonyl (C=O) groups is 1. The molecular weight excluding hydrogens is 490 g/mol. The number of allylic oxidation sites excluding steroid dienone is 1. The zero-order chi connectivity index (χ0) is 24.2. The van der Waals surface area contributed by atoms with Crippen LogP contribution in [-0.4, -0.2) is 80.9 Å². The molecule has 0 unspecified atom stereocenters. The molecule has 2 heterocycles. The van der Waals surface area contributed by atoms with Gasteiger partial charge in [0.05, 0.1) is 33.8 Å². The standard InChI is InChI=1S/C24H33N5O5.ClH.H2O/c1-31-19-17-18(20(32-2)22(34-4)21(19)33-3)26-24(27-23(17)25)29-12-10-28(11-13-29)16(30)14-15-8-6-5-7-9-15;;/h14H,5-13H2,1-4H3,(H2,25,26,27);1H;1H2. The molecule has 1 aliphatic carbocycles. The molecule has 11 nitrogen and oxygen atoms in total. The van der Waals surface area contributed by atoms with Crippen molar-refractivity contribution in [1.82, 2.24) is 14.9 Å². The number of nitrogens with zero attached hydrogens (tertiary/aromatic N) is 4. The van der Waals surface area contributed by atoms with E-state index in [1.165, 1.54) is 53.3 Å². The molecule has 1 saturated carbocycles. The van der Waals surface area contributed by atoms with E-state index >= 15 is 0 Å². The fraction of sp³-hybridized carbons (Fsp3) is 0.542. The number of methoxy groups -OCH3 is 4. The number of carbonyl (C=O) groups excluding carboxylic acids is 1. The number of nitrogens with two attached hydrogens (primary N) is 1. The molecule has 2 aliphatic rings. The number of fused-ring (bicyclic) bond motifs is 1. The van der Waals surface area contributed by atoms with Crippen molar-refractivity contribution in [2.45, 2.75) is 32.1 Å². The van der Waals surface area contributed by atoms with E-state index < -0.39 is 0 Å². The van der Waals surface area contributed by atoms with Crippen molar-refractivity contribution in [1.29, 1.82) is 0 Å². The fourth-order valence-corrected chi connectivity index (χ4v) is 4.72. The van der Waals surface area contributed by atoms with E-state index in [1.807, 2.05) is 15.9 Å². The maximum Gasteiger partial charge on any atom is 0.246 e. The Morgan fingerprint density at radius 1 is 0.833 bits per heavy atom. The van der Waals surface area contributed by atoms with Crippen LogP contribution in [0.15, 0.2) is 11.6 Å². The van der Waals surface area contributed by atoms with E-state index in [0.29, 0.717) is 66.0 Å². The zero-order valence-electron chi connectivity index (χ0n) is 21.3. The first-order valence-electron chi connectivity index (χ1n) is 11.6. The van der Waals surface area contributed by atoms with E-state index in [-0.39, 0.29) is 29.6 Å². The lowest BCUT2D eigenvalue weighted by atomic mass is 9.94. The molecular formula is C24H36ClN5O6. The van der Waals surface area contributed by atoms with Crippen molar-refractivity contribution in [3.63, 3.8) is 0 Å². The number of hydrogen-bond donors (Lipinski definition) is 1. The second-order valence-corrected chi connectivity index (χ2v) is 8.44. The summed E-state index contributed by atoms with van der Waals surface area (Å²) in [4.78, 5) is 26.0. The number of nitrogen functional groups attached to an aromatic ring is 1. The summed E-state index contributed by atoms with van der Waals surface area (Å²) in [5.41, 5.74) is 8.12. The number of aromatic nitrogens is 2. The molecule has 2 fully saturated rings. The Hall–Kier alpha value is -3.18. The molecule has 4 rings (SSSR count). The third-order valence-corrected chi connectivity index (χ3v) is 6.50. The van der Waals surface area contributed by atoms with Crippen molar-refractivity contribution >= 4 is 41.0 Å². The van der Waals surface area contributed by atoms with Crippen LogP contribution in [0.3, 0.4) is 0 Å². The van der Waals surface area contributed by atoms with E-state index in [4.69, 9.17) is 29.7 Å². The summed E-state index contributed by atoms with van der Waals surface area (Å²) in [7, 11) is 6.10. The van der Waals surface area contributed by atoms with Crippen LogP contribution in [0, 0.1) is 0 Å². The number of amides is 1. The molecule has 12 heteroatoms. The van der Waals surface area contributed by atoms with E-state index in [2.05, 4.69) is 4.98 Å². The predicted octanol–water partition coefficient (Wildman–Crippen LogP) is 2.38. The smallest absolute Gasteiger partial charge is 0.246 e. The molecule has 2 aromatic rings. The Labute approximate surface area is 217 Å². The number of benzene rings is 1. The number of piperazine rings is 1. The largest absolute Gasteiger partial charge is 0.492 e. The Balaban J connectivity index is 0.00000228. The first kappa shape index (κ1) is 29.1. The van der Waals surface area contributed by atoms with Gasteiger partial charge in [0.15, 0.2) is 11.5 Å². The summed E-state index contributed by atoms with van der Waals surface area (Å²) in [5, 5.41) is 0.494. The molecule has 0 radical (unpaired) electrons. The van der Waals surface area contributed by atoms with Crippen LogP contribution in [0.25, 0.3) is 10.9 Å². The number of halogens is 1. The average molecular weight is 526 g/mol. The fourth-order valence-electron chi connectivity index (χ4n) is 4.72. The summed E-state index contributed by atoms with van der Waals surface area (Å²) in [6.45, 7) is 2.39. The van der Waals surface area contributed by atoms with Gasteiger partial charge in [-0.25, -0.2) is 4.98 Å². The minimum atomic E-state index is 0. The average Bonchev–Trinajstić information content (AvgIpc) is 2.87. The number of hydrogen-bond acceptors (Lipinski definition) is 9. The Morgan fingerprint density at radius 3 is 1.94 bits per heavy atom. The molecule has 1 saturated heterocycles. The number of ether oxygens (including phenoxy) is 4. The highest BCUT2D eigenvalue weighted by Crippen LogP contribution is 2.51. The molecule has 0 atom stereocenters. The van der Waals surface area contributed by atoms with Gasteiger partial charge in [-0.1, -0.05) is 12.0 Å². The van der Waals surface area contributed by atoms with Crippen molar-refractivity contribution in [3.05, 3.63) is 11.6 Å². The van der Waals surface area contributed by atoms with E-state index in [0.717, 1.165) is 12.8 Å². The van der Waals surface area contributed by atoms with Crippen LogP contribution < -0.4 is 29.6 Å². The summed E-state index contributed by atoms with van der Waals surface area (Å²) in [6, 6.07) is 0. The third kappa shape index (κ3) is 5.46. The van der Waals surface area contributed by atoms with Crippen molar-refractivity contribution in [2.24, 2.45) is 0 Å². The zero-order valence-corrected chi connectivity index (χ0v) is 22.1. The highest BCUT2D eigenvalue weighted by Gasteiger charge is 2.29. The number of anilines is 2. The lowest BCUT2D eigenvalue weighted by molar-refractivity contribution is -0.126. The van der Waals surface area contributed by atoms with Crippen LogP contribution >= 0.6 is 12.4 Å². The van der Waals surface area contributed by atoms with Crippen LogP contribution in [-0.2, 0) is 4.79 Å². The third-order valence-electron chi connectivity index (χ3n) is 6.50. The molecule has 0 bridgehead atoms. The maximum atomic E-state index is 12.7. The normalized spacial score (nSPS) is 15.5. The van der Waals surface area contributed by atoms with Gasteiger partial charge in [-0.05, 0) is 25.7 Å². The van der Waals surface area contributed by atoms with Crippen LogP contribution in [0.4, 0.5) is 11.8 Å². The Bertz CT molecular complexity index is 1100. The molecule has 1 aromatic heterocycles. The molecule has 0 spiro atoms. The molecule has 36 heavy (non-hydrogen) atoms. The van der Waals surface area contributed by atoms with Gasteiger partial charge in [-0.3, -0.25) is 4.79 Å². The minimum Gasteiger partial charge on any atom is -0.492 e. The SMILES string of the molecule is COc1c(OC)c(OC)c2c(N)nc(N3CCN(C(=O)C=C4CCCCC4)CC3)nc2c1OC.Cl.O. The second kappa shape index (κ2) is 12.7. The van der Waals surface area contributed by atoms with Gasteiger partial charge in [-0.15, -0.1) is 12.4 Å². The van der Waals surface area contributed by atoms with E-state index in [9.17, 15) is 4.79 Å². The second-order valence-electron chi connectivity index (χ2n) is 8.44. The van der Waals surface area contributed by atoms with Gasteiger partial charge in [0.2, 0.25) is 23.4 Å². The topological polar surface area (TPSA) is 144 Å². The van der Waals surface area contributed by atoms with E-state index in [1.54, 1.807) is 0 Å². The van der Waals surface area contributed by atoms with Crippen molar-refractivity contribution < 1.29 is 29.2 Å². The first-order valence-corrected chi connectivity index (χ1v) is 11.6. The summed E-state index contributed by atoms with van der Waals surface area (Å²) >= 11 is 0. The van der Waals surface area contributed by atoms with Gasteiger partial charge >= 0.3 is 0 Å². The summed E-state index contributed by atoms with van der Waals surface area (Å²) in [6.07, 6.45) is 7.53. The van der Waals surface area contributed by atoms with Crippen LogP contribution in [0.2, 0.25) is 0 Å². The predicted molar refractivity (Wildman–Crippen MR) is 141 cm³/mol. The molecule has 1 aromatic carbocycles. The quantitative estimate of drug-likeness (QED) is 0.562. The minimum absolute atomic E-state index is 0. The monoisotopic (exact) mass is 525 g/mol. The van der Waals surface area contributed by atoms with Gasteiger partial charge in [-0.2, -0.15) is 4.98 Å². The first-order chi connectivity index (χ1) is 16.5. The maximum absolute atomic E-state index is 12.7. The van der Waals surface area contributed by atoms with Crippen molar-refractivity contribution in [2.75, 3.05) is 65.3 Å². The summed E-state index contributed by atoms with van der Waals surface area (Å²) < 4.78 is 22.2. The lowest BCUT2D eigenvalue weighted by Crippen LogP contribution is -2.49. The Kier molecular flexibility index (Phi) is 10.2. The van der Waals surface area contributed by atoms with Crippen molar-refractivity contribution in [3.8, 4) is 23.0 Å². The van der Waals surface area contributed by atoms with Gasteiger partial charge in [0.25, 0.3) is 0 Å². The molecule has 200 valence electrons. The lowest BCUT2D eigenvalue weighted by Gasteiger charge is -2.34. The summed E-state index contributed by atoms with van der Waals surface area (Å²) in [5.74, 6) is 2.30. The highest BCUT2D eigenvalue weighted by atomic mass is 35.5.